The van der Waals surface area contributed by atoms with E-state index in [1.165, 1.54) is 0 Å². The largest absolute Gasteiger partial charge is 0.494 e. The van der Waals surface area contributed by atoms with Crippen LogP contribution in [0.4, 0.5) is 0 Å². The van der Waals surface area contributed by atoms with Gasteiger partial charge in [0.05, 0.1) is 13.2 Å². The van der Waals surface area contributed by atoms with Crippen LogP contribution in [-0.4, -0.2) is 36.1 Å². The maximum atomic E-state index is 9.09. The number of hydrogen-bond acceptors (Lipinski definition) is 4. The molecular formula is C12H18O4. The molecule has 2 N–H and O–H groups in total. The number of aliphatic hydroxyl groups is 2. The van der Waals surface area contributed by atoms with Crippen molar-refractivity contribution in [3.63, 3.8) is 0 Å². The molecule has 0 heterocycles. The molecule has 4 nitrogen and oxygen atoms in total. The minimum absolute atomic E-state index is 0.0890. The van der Waals surface area contributed by atoms with Gasteiger partial charge in [-0.1, -0.05) is 6.92 Å². The van der Waals surface area contributed by atoms with Crippen molar-refractivity contribution in [2.45, 2.75) is 19.4 Å². The van der Waals surface area contributed by atoms with Gasteiger partial charge >= 0.3 is 0 Å². The fourth-order valence-corrected chi connectivity index (χ4v) is 1.10. The molecule has 0 saturated carbocycles. The van der Waals surface area contributed by atoms with Gasteiger partial charge in [0.1, 0.15) is 24.2 Å². The van der Waals surface area contributed by atoms with E-state index in [9.17, 15) is 0 Å². The lowest BCUT2D eigenvalue weighted by Crippen LogP contribution is -2.21. The van der Waals surface area contributed by atoms with Crippen molar-refractivity contribution in [1.82, 2.24) is 0 Å². The number of rotatable bonds is 7. The molecule has 0 fully saturated rings. The Kier molecular flexibility index (Phi) is 5.67. The molecule has 0 bridgehead atoms. The first kappa shape index (κ1) is 12.8. The zero-order chi connectivity index (χ0) is 11.8. The summed E-state index contributed by atoms with van der Waals surface area (Å²) in [6.07, 6.45) is 0.136. The van der Waals surface area contributed by atoms with Gasteiger partial charge in [0, 0.05) is 0 Å². The lowest BCUT2D eigenvalue weighted by molar-refractivity contribution is 0.0536. The molecule has 1 rings (SSSR count). The highest BCUT2D eigenvalue weighted by molar-refractivity contribution is 5.31. The molecule has 0 aromatic heterocycles. The third kappa shape index (κ3) is 4.51. The highest BCUT2D eigenvalue weighted by Gasteiger charge is 2.02. The van der Waals surface area contributed by atoms with Crippen molar-refractivity contribution in [1.29, 1.82) is 0 Å². The zero-order valence-electron chi connectivity index (χ0n) is 9.43. The maximum absolute atomic E-state index is 9.09. The van der Waals surface area contributed by atoms with Crippen molar-refractivity contribution in [2.75, 3.05) is 19.8 Å². The third-order valence-corrected chi connectivity index (χ3v) is 1.95. The molecular weight excluding hydrogens is 208 g/mol. The molecule has 90 valence electrons. The van der Waals surface area contributed by atoms with E-state index in [2.05, 4.69) is 0 Å². The molecule has 0 unspecified atom stereocenters. The Labute approximate surface area is 95.4 Å². The summed E-state index contributed by atoms with van der Waals surface area (Å²) in [5.41, 5.74) is 0. The SMILES string of the molecule is CCCOc1ccc(OC[C@@H](O)CO)cc1. The molecule has 16 heavy (non-hydrogen) atoms. The van der Waals surface area contributed by atoms with Crippen molar-refractivity contribution >= 4 is 0 Å². The molecule has 1 atom stereocenters. The molecule has 0 radical (unpaired) electrons. The summed E-state index contributed by atoms with van der Waals surface area (Å²) >= 11 is 0. The minimum Gasteiger partial charge on any atom is -0.494 e. The van der Waals surface area contributed by atoms with Crippen LogP contribution in [0.25, 0.3) is 0 Å². The lowest BCUT2D eigenvalue weighted by Gasteiger charge is -2.10. The molecule has 0 amide bonds. The fraction of sp³-hybridized carbons (Fsp3) is 0.500. The van der Waals surface area contributed by atoms with Gasteiger partial charge in [0.15, 0.2) is 0 Å². The fourth-order valence-electron chi connectivity index (χ4n) is 1.10. The van der Waals surface area contributed by atoms with Crippen molar-refractivity contribution in [2.24, 2.45) is 0 Å². The number of benzene rings is 1. The van der Waals surface area contributed by atoms with Gasteiger partial charge in [-0.05, 0) is 30.7 Å². The number of hydrogen-bond donors (Lipinski definition) is 2. The molecule has 0 aliphatic carbocycles. The summed E-state index contributed by atoms with van der Waals surface area (Å²) in [7, 11) is 0. The first-order chi connectivity index (χ1) is 7.76. The summed E-state index contributed by atoms with van der Waals surface area (Å²) in [4.78, 5) is 0. The third-order valence-electron chi connectivity index (χ3n) is 1.95. The Morgan fingerprint density at radius 2 is 1.69 bits per heavy atom. The van der Waals surface area contributed by atoms with Crippen molar-refractivity contribution in [3.05, 3.63) is 24.3 Å². The summed E-state index contributed by atoms with van der Waals surface area (Å²) in [5.74, 6) is 1.45. The highest BCUT2D eigenvalue weighted by atomic mass is 16.5. The standard InChI is InChI=1S/C12H18O4/c1-2-7-15-11-3-5-12(6-4-11)16-9-10(14)8-13/h3-6,10,13-14H,2,7-9H2,1H3/t10-/m0/s1. The molecule has 1 aromatic rings. The van der Waals surface area contributed by atoms with E-state index in [-0.39, 0.29) is 13.2 Å². The van der Waals surface area contributed by atoms with Crippen LogP contribution in [0.1, 0.15) is 13.3 Å². The average Bonchev–Trinajstić information content (AvgIpc) is 2.34. The van der Waals surface area contributed by atoms with E-state index in [0.29, 0.717) is 12.4 Å². The maximum Gasteiger partial charge on any atom is 0.119 e. The average molecular weight is 226 g/mol. The van der Waals surface area contributed by atoms with Gasteiger partial charge < -0.3 is 19.7 Å². The van der Waals surface area contributed by atoms with Gasteiger partial charge in [-0.15, -0.1) is 0 Å². The molecule has 0 aliphatic rings. The van der Waals surface area contributed by atoms with Crippen LogP contribution in [0.15, 0.2) is 24.3 Å². The van der Waals surface area contributed by atoms with E-state index in [4.69, 9.17) is 19.7 Å². The summed E-state index contributed by atoms with van der Waals surface area (Å²) in [6, 6.07) is 7.18. The second-order valence-electron chi connectivity index (χ2n) is 3.47. The van der Waals surface area contributed by atoms with E-state index in [1.807, 2.05) is 19.1 Å². The Morgan fingerprint density at radius 3 is 2.19 bits per heavy atom. The van der Waals surface area contributed by atoms with Crippen molar-refractivity contribution in [3.8, 4) is 11.5 Å². The summed E-state index contributed by atoms with van der Waals surface area (Å²) in [5, 5.41) is 17.7. The number of ether oxygens (including phenoxy) is 2. The van der Waals surface area contributed by atoms with Gasteiger partial charge in [-0.2, -0.15) is 0 Å². The molecule has 0 spiro atoms. The van der Waals surface area contributed by atoms with Gasteiger partial charge in [0.25, 0.3) is 0 Å². The molecule has 1 aromatic carbocycles. The van der Waals surface area contributed by atoms with E-state index in [1.54, 1.807) is 12.1 Å². The monoisotopic (exact) mass is 226 g/mol. The van der Waals surface area contributed by atoms with Crippen LogP contribution in [-0.2, 0) is 0 Å². The molecule has 4 heteroatoms. The Morgan fingerprint density at radius 1 is 1.12 bits per heavy atom. The van der Waals surface area contributed by atoms with E-state index in [0.717, 1.165) is 12.2 Å². The van der Waals surface area contributed by atoms with Gasteiger partial charge in [-0.25, -0.2) is 0 Å². The van der Waals surface area contributed by atoms with E-state index < -0.39 is 6.10 Å². The van der Waals surface area contributed by atoms with Crippen molar-refractivity contribution < 1.29 is 19.7 Å². The second kappa shape index (κ2) is 7.09. The van der Waals surface area contributed by atoms with E-state index >= 15 is 0 Å². The van der Waals surface area contributed by atoms with Gasteiger partial charge in [0.2, 0.25) is 0 Å². The van der Waals surface area contributed by atoms with Crippen LogP contribution in [0.3, 0.4) is 0 Å². The quantitative estimate of drug-likeness (QED) is 0.733. The first-order valence-corrected chi connectivity index (χ1v) is 5.40. The second-order valence-corrected chi connectivity index (χ2v) is 3.47. The Balaban J connectivity index is 2.38. The Bertz CT molecular complexity index is 284. The normalized spacial score (nSPS) is 12.2. The van der Waals surface area contributed by atoms with Crippen LogP contribution in [0, 0.1) is 0 Å². The lowest BCUT2D eigenvalue weighted by atomic mass is 10.3. The number of aliphatic hydroxyl groups excluding tert-OH is 2. The first-order valence-electron chi connectivity index (χ1n) is 5.40. The Hall–Kier alpha value is -1.26. The topological polar surface area (TPSA) is 58.9 Å². The summed E-state index contributed by atoms with van der Waals surface area (Å²) in [6.45, 7) is 2.54. The van der Waals surface area contributed by atoms with Crippen LogP contribution in [0.5, 0.6) is 11.5 Å². The summed E-state index contributed by atoms with van der Waals surface area (Å²) < 4.78 is 10.7. The molecule has 0 saturated heterocycles. The highest BCUT2D eigenvalue weighted by Crippen LogP contribution is 2.17. The minimum atomic E-state index is -0.837. The van der Waals surface area contributed by atoms with Crippen LogP contribution >= 0.6 is 0 Å². The predicted molar refractivity (Wildman–Crippen MR) is 60.8 cm³/mol. The molecule has 0 aliphatic heterocycles. The van der Waals surface area contributed by atoms with Crippen LogP contribution in [0.2, 0.25) is 0 Å². The van der Waals surface area contributed by atoms with Gasteiger partial charge in [-0.3, -0.25) is 0 Å². The zero-order valence-corrected chi connectivity index (χ0v) is 9.43. The predicted octanol–water partition coefficient (Wildman–Crippen LogP) is 1.21. The van der Waals surface area contributed by atoms with Crippen LogP contribution < -0.4 is 9.47 Å². The smallest absolute Gasteiger partial charge is 0.119 e.